The number of rotatable bonds is 3. The molecule has 0 amide bonds. The van der Waals surface area contributed by atoms with Gasteiger partial charge >= 0.3 is 5.63 Å². The Kier molecular flexibility index (Phi) is 4.61. The second-order valence-corrected chi connectivity index (χ2v) is 8.86. The van der Waals surface area contributed by atoms with Gasteiger partial charge in [-0.1, -0.05) is 36.8 Å². The third-order valence-electron chi connectivity index (χ3n) is 5.16. The van der Waals surface area contributed by atoms with Gasteiger partial charge in [-0.15, -0.1) is 0 Å². The number of hydrogen-bond donors (Lipinski definition) is 0. The number of piperidine rings is 1. The molecule has 2 heterocycles. The first kappa shape index (κ1) is 17.9. The molecule has 6 heteroatoms. The highest BCUT2D eigenvalue weighted by atomic mass is 32.2. The molecule has 1 fully saturated rings. The highest BCUT2D eigenvalue weighted by Crippen LogP contribution is 2.27. The third-order valence-corrected chi connectivity index (χ3v) is 7.18. The molecule has 1 aromatic heterocycles. The molecule has 1 aliphatic rings. The van der Waals surface area contributed by atoms with E-state index in [0.29, 0.717) is 23.3 Å². The van der Waals surface area contributed by atoms with E-state index >= 15 is 0 Å². The van der Waals surface area contributed by atoms with Crippen molar-refractivity contribution in [2.24, 2.45) is 0 Å². The van der Waals surface area contributed by atoms with Crippen LogP contribution in [-0.2, 0) is 10.0 Å². The van der Waals surface area contributed by atoms with Gasteiger partial charge in [0.2, 0.25) is 10.0 Å². The molecule has 5 nitrogen and oxygen atoms in total. The molecular weight excluding hydrogens is 362 g/mol. The number of sulfonamides is 1. The summed E-state index contributed by atoms with van der Waals surface area (Å²) in [5.41, 5.74) is 1.16. The minimum absolute atomic E-state index is 0.0101. The van der Waals surface area contributed by atoms with E-state index in [-0.39, 0.29) is 10.9 Å². The maximum absolute atomic E-state index is 12.9. The van der Waals surface area contributed by atoms with Crippen LogP contribution in [0.1, 0.15) is 26.2 Å². The second kappa shape index (κ2) is 6.94. The van der Waals surface area contributed by atoms with E-state index in [0.717, 1.165) is 24.6 Å². The Morgan fingerprint density at radius 2 is 1.78 bits per heavy atom. The van der Waals surface area contributed by atoms with Crippen molar-refractivity contribution < 1.29 is 12.8 Å². The summed E-state index contributed by atoms with van der Waals surface area (Å²) in [6, 6.07) is 15.6. The van der Waals surface area contributed by atoms with Crippen molar-refractivity contribution in [1.82, 2.24) is 4.31 Å². The van der Waals surface area contributed by atoms with Gasteiger partial charge in [0, 0.05) is 18.0 Å². The van der Waals surface area contributed by atoms with E-state index in [1.165, 1.54) is 0 Å². The summed E-state index contributed by atoms with van der Waals surface area (Å²) in [6.45, 7) is 2.50. The fourth-order valence-corrected chi connectivity index (χ4v) is 5.33. The van der Waals surface area contributed by atoms with Crippen LogP contribution in [0.2, 0.25) is 0 Å². The molecule has 0 bridgehead atoms. The smallest absolute Gasteiger partial charge is 0.344 e. The monoisotopic (exact) mass is 383 g/mol. The van der Waals surface area contributed by atoms with E-state index < -0.39 is 15.6 Å². The average Bonchev–Trinajstić information content (AvgIpc) is 2.68. The number of benzene rings is 2. The third kappa shape index (κ3) is 3.31. The number of nitrogens with zero attached hydrogens (tertiary/aromatic N) is 1. The van der Waals surface area contributed by atoms with Crippen LogP contribution in [0.5, 0.6) is 0 Å². The molecule has 0 spiro atoms. The first-order valence-electron chi connectivity index (χ1n) is 9.12. The molecule has 3 aromatic rings. The molecule has 4 rings (SSSR count). The quantitative estimate of drug-likeness (QED) is 0.641. The predicted molar refractivity (Wildman–Crippen MR) is 105 cm³/mol. The first-order valence-corrected chi connectivity index (χ1v) is 10.6. The Morgan fingerprint density at radius 1 is 1.04 bits per heavy atom. The van der Waals surface area contributed by atoms with Crippen molar-refractivity contribution in [3.05, 3.63) is 65.0 Å². The van der Waals surface area contributed by atoms with Gasteiger partial charge < -0.3 is 4.42 Å². The lowest BCUT2D eigenvalue weighted by Crippen LogP contribution is -2.41. The first-order chi connectivity index (χ1) is 13.0. The largest absolute Gasteiger partial charge is 0.422 e. The van der Waals surface area contributed by atoms with Gasteiger partial charge in [0.05, 0.1) is 10.5 Å². The van der Waals surface area contributed by atoms with Crippen molar-refractivity contribution >= 4 is 21.0 Å². The summed E-state index contributed by atoms with van der Waals surface area (Å²) >= 11 is 0. The summed E-state index contributed by atoms with van der Waals surface area (Å²) in [7, 11) is -3.52. The molecular formula is C21H21NO4S. The SMILES string of the molecule is CC1CCCCN1S(=O)(=O)c1ccc(-c2cc3ccccc3oc2=O)cc1. The molecule has 0 N–H and O–H groups in total. The van der Waals surface area contributed by atoms with Crippen LogP contribution >= 0.6 is 0 Å². The van der Waals surface area contributed by atoms with E-state index in [1.807, 2.05) is 25.1 Å². The van der Waals surface area contributed by atoms with Gasteiger partial charge in [-0.25, -0.2) is 13.2 Å². The molecule has 0 saturated carbocycles. The molecule has 0 aliphatic carbocycles. The Labute approximate surface area is 158 Å². The lowest BCUT2D eigenvalue weighted by Gasteiger charge is -2.32. The van der Waals surface area contributed by atoms with Crippen LogP contribution in [0.4, 0.5) is 0 Å². The maximum atomic E-state index is 12.9. The van der Waals surface area contributed by atoms with Gasteiger partial charge in [-0.05, 0) is 49.6 Å². The van der Waals surface area contributed by atoms with Crippen molar-refractivity contribution in [3.8, 4) is 11.1 Å². The Hall–Kier alpha value is -2.44. The van der Waals surface area contributed by atoms with Crippen LogP contribution in [-0.4, -0.2) is 25.3 Å². The van der Waals surface area contributed by atoms with Crippen LogP contribution in [0.25, 0.3) is 22.1 Å². The van der Waals surface area contributed by atoms with E-state index in [4.69, 9.17) is 4.42 Å². The van der Waals surface area contributed by atoms with Crippen molar-refractivity contribution in [1.29, 1.82) is 0 Å². The molecule has 1 saturated heterocycles. The Morgan fingerprint density at radius 3 is 2.52 bits per heavy atom. The molecule has 1 aliphatic heterocycles. The summed E-state index contributed by atoms with van der Waals surface area (Å²) in [5, 5.41) is 0.825. The summed E-state index contributed by atoms with van der Waals surface area (Å²) in [4.78, 5) is 12.6. The van der Waals surface area contributed by atoms with Crippen LogP contribution in [0, 0.1) is 0 Å². The zero-order valence-electron chi connectivity index (χ0n) is 15.1. The van der Waals surface area contributed by atoms with Crippen LogP contribution in [0.3, 0.4) is 0 Å². The predicted octanol–water partition coefficient (Wildman–Crippen LogP) is 4.02. The zero-order chi connectivity index (χ0) is 19.0. The van der Waals surface area contributed by atoms with E-state index in [9.17, 15) is 13.2 Å². The van der Waals surface area contributed by atoms with Gasteiger partial charge in [-0.3, -0.25) is 0 Å². The van der Waals surface area contributed by atoms with Crippen molar-refractivity contribution in [3.63, 3.8) is 0 Å². The van der Waals surface area contributed by atoms with Gasteiger partial charge in [0.1, 0.15) is 5.58 Å². The normalized spacial score (nSPS) is 18.6. The minimum atomic E-state index is -3.52. The number of hydrogen-bond acceptors (Lipinski definition) is 4. The van der Waals surface area contributed by atoms with Crippen LogP contribution < -0.4 is 5.63 Å². The van der Waals surface area contributed by atoms with E-state index in [2.05, 4.69) is 0 Å². The summed E-state index contributed by atoms with van der Waals surface area (Å²) in [5.74, 6) is 0. The molecule has 0 radical (unpaired) electrons. The number of fused-ring (bicyclic) bond motifs is 1. The van der Waals surface area contributed by atoms with Crippen LogP contribution in [0.15, 0.2) is 68.7 Å². The van der Waals surface area contributed by atoms with Gasteiger partial charge in [-0.2, -0.15) is 4.31 Å². The van der Waals surface area contributed by atoms with E-state index in [1.54, 1.807) is 40.7 Å². The molecule has 1 unspecified atom stereocenters. The molecule has 140 valence electrons. The lowest BCUT2D eigenvalue weighted by molar-refractivity contribution is 0.268. The lowest BCUT2D eigenvalue weighted by atomic mass is 10.1. The van der Waals surface area contributed by atoms with Crippen molar-refractivity contribution in [2.45, 2.75) is 37.1 Å². The number of para-hydroxylation sites is 1. The Balaban J connectivity index is 1.70. The second-order valence-electron chi connectivity index (χ2n) is 6.97. The van der Waals surface area contributed by atoms with Gasteiger partial charge in [0.15, 0.2) is 0 Å². The highest BCUT2D eigenvalue weighted by Gasteiger charge is 2.30. The highest BCUT2D eigenvalue weighted by molar-refractivity contribution is 7.89. The minimum Gasteiger partial charge on any atom is -0.422 e. The topological polar surface area (TPSA) is 67.6 Å². The Bertz CT molecular complexity index is 1130. The molecule has 1 atom stereocenters. The maximum Gasteiger partial charge on any atom is 0.344 e. The standard InChI is InChI=1S/C21H21NO4S/c1-15-6-4-5-13-22(15)27(24,25)18-11-9-16(10-12-18)19-14-17-7-2-3-8-20(17)26-21(19)23/h2-3,7-12,14-15H,4-6,13H2,1H3. The molecule has 2 aromatic carbocycles. The fraction of sp³-hybridized carbons (Fsp3) is 0.286. The van der Waals surface area contributed by atoms with Gasteiger partial charge in [0.25, 0.3) is 0 Å². The van der Waals surface area contributed by atoms with Crippen molar-refractivity contribution in [2.75, 3.05) is 6.54 Å². The summed E-state index contributed by atoms with van der Waals surface area (Å²) in [6.07, 6.45) is 2.83. The fourth-order valence-electron chi connectivity index (χ4n) is 3.63. The molecule has 27 heavy (non-hydrogen) atoms. The average molecular weight is 383 g/mol. The zero-order valence-corrected chi connectivity index (χ0v) is 15.9. The summed E-state index contributed by atoms with van der Waals surface area (Å²) < 4.78 is 32.8.